The Bertz CT molecular complexity index is 1090. The van der Waals surface area contributed by atoms with E-state index in [0.29, 0.717) is 23.6 Å². The Hall–Kier alpha value is -2.60. The van der Waals surface area contributed by atoms with Crippen LogP contribution in [-0.4, -0.2) is 23.7 Å². The second-order valence-electron chi connectivity index (χ2n) is 6.74. The van der Waals surface area contributed by atoms with E-state index in [9.17, 15) is 4.79 Å². The van der Waals surface area contributed by atoms with E-state index in [4.69, 9.17) is 9.47 Å². The summed E-state index contributed by atoms with van der Waals surface area (Å²) in [6, 6.07) is 9.86. The lowest BCUT2D eigenvalue weighted by Gasteiger charge is -2.18. The minimum absolute atomic E-state index is 0.204. The first-order valence-electron chi connectivity index (χ1n) is 9.16. The lowest BCUT2D eigenvalue weighted by molar-refractivity contribution is 0.0997. The third kappa shape index (κ3) is 3.37. The van der Waals surface area contributed by atoms with E-state index in [0.717, 1.165) is 45.8 Å². The summed E-state index contributed by atoms with van der Waals surface area (Å²) in [5.74, 6) is 1.31. The molecule has 1 aromatic heterocycles. The normalized spacial score (nSPS) is 14.0. The van der Waals surface area contributed by atoms with Gasteiger partial charge in [0.2, 0.25) is 0 Å². The highest BCUT2D eigenvalue weighted by Crippen LogP contribution is 2.35. The van der Waals surface area contributed by atoms with E-state index < -0.39 is 0 Å². The predicted molar refractivity (Wildman–Crippen MR) is 107 cm³/mol. The molecule has 0 atom stereocenters. The Balaban J connectivity index is 1.87. The van der Waals surface area contributed by atoms with E-state index in [1.165, 1.54) is 11.3 Å². The number of thiazole rings is 1. The van der Waals surface area contributed by atoms with Gasteiger partial charge < -0.3 is 14.0 Å². The van der Waals surface area contributed by atoms with E-state index in [-0.39, 0.29) is 5.91 Å². The van der Waals surface area contributed by atoms with Gasteiger partial charge in [0.05, 0.1) is 10.2 Å². The van der Waals surface area contributed by atoms with Gasteiger partial charge in [-0.05, 0) is 31.9 Å². The SMILES string of the molecule is CCCn1c(=NC(=O)c2cc(C)ccc2C)sc2cc3c(cc21)OCCO3. The summed E-state index contributed by atoms with van der Waals surface area (Å²) in [5.41, 5.74) is 3.67. The van der Waals surface area contributed by atoms with Crippen LogP contribution in [0.25, 0.3) is 10.2 Å². The van der Waals surface area contributed by atoms with Crippen molar-refractivity contribution < 1.29 is 14.3 Å². The van der Waals surface area contributed by atoms with Gasteiger partial charge in [0.25, 0.3) is 5.91 Å². The average Bonchev–Trinajstić information content (AvgIpc) is 2.98. The zero-order valence-corrected chi connectivity index (χ0v) is 16.6. The first-order valence-corrected chi connectivity index (χ1v) is 9.97. The monoisotopic (exact) mass is 382 g/mol. The highest BCUT2D eigenvalue weighted by Gasteiger charge is 2.17. The van der Waals surface area contributed by atoms with Crippen molar-refractivity contribution in [3.8, 4) is 11.5 Å². The molecule has 1 aliphatic heterocycles. The van der Waals surface area contributed by atoms with E-state index in [1.54, 1.807) is 0 Å². The molecule has 3 aromatic rings. The highest BCUT2D eigenvalue weighted by atomic mass is 32.1. The number of aromatic nitrogens is 1. The number of fused-ring (bicyclic) bond motifs is 2. The zero-order chi connectivity index (χ0) is 19.0. The summed E-state index contributed by atoms with van der Waals surface area (Å²) in [7, 11) is 0. The molecule has 0 N–H and O–H groups in total. The van der Waals surface area contributed by atoms with Crippen molar-refractivity contribution in [3.05, 3.63) is 51.8 Å². The molecule has 0 fully saturated rings. The second kappa shape index (κ2) is 7.19. The minimum atomic E-state index is -0.204. The zero-order valence-electron chi connectivity index (χ0n) is 15.7. The molecular weight excluding hydrogens is 360 g/mol. The van der Waals surface area contributed by atoms with Crippen LogP contribution in [-0.2, 0) is 6.54 Å². The standard InChI is InChI=1S/C21H22N2O3S/c1-4-7-23-16-11-17-18(26-9-8-25-17)12-19(16)27-21(23)22-20(24)15-10-13(2)5-6-14(15)3/h5-6,10-12H,4,7-9H2,1-3H3. The van der Waals surface area contributed by atoms with Crippen molar-refractivity contribution in [1.29, 1.82) is 0 Å². The number of hydrogen-bond acceptors (Lipinski definition) is 4. The number of nitrogens with zero attached hydrogens (tertiary/aromatic N) is 2. The Kier molecular flexibility index (Phi) is 4.74. The molecule has 2 aromatic carbocycles. The summed E-state index contributed by atoms with van der Waals surface area (Å²) in [5, 5.41) is 0. The van der Waals surface area contributed by atoms with Crippen molar-refractivity contribution in [3.63, 3.8) is 0 Å². The molecule has 4 rings (SSSR count). The Labute approximate surface area is 161 Å². The van der Waals surface area contributed by atoms with Gasteiger partial charge >= 0.3 is 0 Å². The summed E-state index contributed by atoms with van der Waals surface area (Å²) >= 11 is 1.51. The number of benzene rings is 2. The van der Waals surface area contributed by atoms with E-state index >= 15 is 0 Å². The van der Waals surface area contributed by atoms with Crippen molar-refractivity contribution in [2.75, 3.05) is 13.2 Å². The van der Waals surface area contributed by atoms with Gasteiger partial charge in [-0.15, -0.1) is 0 Å². The number of aryl methyl sites for hydroxylation is 3. The summed E-state index contributed by atoms with van der Waals surface area (Å²) in [4.78, 5) is 18.0. The molecule has 1 amide bonds. The average molecular weight is 382 g/mol. The van der Waals surface area contributed by atoms with Crippen LogP contribution in [0, 0.1) is 13.8 Å². The molecule has 6 heteroatoms. The maximum atomic E-state index is 12.9. The molecule has 0 saturated carbocycles. The fraction of sp³-hybridized carbons (Fsp3) is 0.333. The topological polar surface area (TPSA) is 52.8 Å². The molecule has 0 aliphatic carbocycles. The van der Waals surface area contributed by atoms with Gasteiger partial charge in [0.1, 0.15) is 13.2 Å². The molecular formula is C21H22N2O3S. The maximum Gasteiger partial charge on any atom is 0.279 e. The molecule has 0 bridgehead atoms. The molecule has 27 heavy (non-hydrogen) atoms. The van der Waals surface area contributed by atoms with Gasteiger partial charge in [0, 0.05) is 24.2 Å². The molecule has 2 heterocycles. The van der Waals surface area contributed by atoms with Crippen LogP contribution in [0.3, 0.4) is 0 Å². The van der Waals surface area contributed by atoms with Gasteiger partial charge in [-0.1, -0.05) is 36.0 Å². The number of hydrogen-bond donors (Lipinski definition) is 0. The smallest absolute Gasteiger partial charge is 0.279 e. The van der Waals surface area contributed by atoms with Crippen LogP contribution in [0.15, 0.2) is 35.3 Å². The maximum absolute atomic E-state index is 12.9. The summed E-state index contributed by atoms with van der Waals surface area (Å²) in [6.07, 6.45) is 0.950. The molecule has 1 aliphatic rings. The van der Waals surface area contributed by atoms with Crippen LogP contribution < -0.4 is 14.3 Å². The fourth-order valence-electron chi connectivity index (χ4n) is 3.24. The molecule has 0 saturated heterocycles. The first-order chi connectivity index (χ1) is 13.1. The highest BCUT2D eigenvalue weighted by molar-refractivity contribution is 7.16. The van der Waals surface area contributed by atoms with Crippen LogP contribution in [0.1, 0.15) is 34.8 Å². The van der Waals surface area contributed by atoms with Gasteiger partial charge in [-0.2, -0.15) is 4.99 Å². The molecule has 0 unspecified atom stereocenters. The number of ether oxygens (including phenoxy) is 2. The van der Waals surface area contributed by atoms with Crippen LogP contribution in [0.2, 0.25) is 0 Å². The van der Waals surface area contributed by atoms with Crippen LogP contribution in [0.5, 0.6) is 11.5 Å². The van der Waals surface area contributed by atoms with Gasteiger partial charge in [-0.25, -0.2) is 0 Å². The number of rotatable bonds is 3. The minimum Gasteiger partial charge on any atom is -0.486 e. The van der Waals surface area contributed by atoms with E-state index in [1.807, 2.05) is 44.2 Å². The Morgan fingerprint density at radius 2 is 1.89 bits per heavy atom. The lowest BCUT2D eigenvalue weighted by atomic mass is 10.1. The third-order valence-electron chi connectivity index (χ3n) is 4.61. The van der Waals surface area contributed by atoms with Crippen molar-refractivity contribution in [1.82, 2.24) is 4.57 Å². The largest absolute Gasteiger partial charge is 0.486 e. The van der Waals surface area contributed by atoms with Crippen LogP contribution in [0.4, 0.5) is 0 Å². The summed E-state index contributed by atoms with van der Waals surface area (Å²) in [6.45, 7) is 7.94. The molecule has 0 radical (unpaired) electrons. The second-order valence-corrected chi connectivity index (χ2v) is 7.74. The van der Waals surface area contributed by atoms with Crippen molar-refractivity contribution in [2.24, 2.45) is 4.99 Å². The quantitative estimate of drug-likeness (QED) is 0.681. The lowest BCUT2D eigenvalue weighted by Crippen LogP contribution is -2.18. The van der Waals surface area contributed by atoms with Crippen molar-refractivity contribution >= 4 is 27.5 Å². The Morgan fingerprint density at radius 1 is 1.15 bits per heavy atom. The number of carbonyl (C=O) groups excluding carboxylic acids is 1. The van der Waals surface area contributed by atoms with E-state index in [2.05, 4.69) is 16.5 Å². The molecule has 5 nitrogen and oxygen atoms in total. The third-order valence-corrected chi connectivity index (χ3v) is 5.66. The summed E-state index contributed by atoms with van der Waals surface area (Å²) < 4.78 is 14.6. The Morgan fingerprint density at radius 3 is 2.63 bits per heavy atom. The first kappa shape index (κ1) is 17.8. The predicted octanol–water partition coefficient (Wildman–Crippen LogP) is 4.24. The van der Waals surface area contributed by atoms with Crippen LogP contribution >= 0.6 is 11.3 Å². The van der Waals surface area contributed by atoms with Gasteiger partial charge in [-0.3, -0.25) is 4.79 Å². The van der Waals surface area contributed by atoms with Gasteiger partial charge in [0.15, 0.2) is 16.3 Å². The van der Waals surface area contributed by atoms with Crippen molar-refractivity contribution in [2.45, 2.75) is 33.7 Å². The molecule has 140 valence electrons. The number of carbonyl (C=O) groups is 1. The molecule has 0 spiro atoms. The number of amides is 1. The fourth-order valence-corrected chi connectivity index (χ4v) is 4.31.